The molecule has 0 bridgehead atoms. The van der Waals surface area contributed by atoms with Crippen LogP contribution in [0.4, 0.5) is 5.69 Å². The summed E-state index contributed by atoms with van der Waals surface area (Å²) in [5, 5.41) is 10.6. The Balaban J connectivity index is 0.00000256. The number of nitro groups is 1. The molecule has 0 heterocycles. The van der Waals surface area contributed by atoms with E-state index in [1.54, 1.807) is 4.83 Å². The van der Waals surface area contributed by atoms with Crippen LogP contribution in [0.1, 0.15) is 11.1 Å². The van der Waals surface area contributed by atoms with Gasteiger partial charge >= 0.3 is 0 Å². The van der Waals surface area contributed by atoms with Gasteiger partial charge in [-0.2, -0.15) is 4.83 Å². The predicted octanol–water partition coefficient (Wildman–Crippen LogP) is 0.785. The summed E-state index contributed by atoms with van der Waals surface area (Å²) >= 11 is 0. The molecule has 7 nitrogen and oxygen atoms in total. The predicted molar refractivity (Wildman–Crippen MR) is 64.3 cm³/mol. The minimum atomic E-state index is -3.80. The first-order valence-corrected chi connectivity index (χ1v) is 5.76. The van der Waals surface area contributed by atoms with Gasteiger partial charge in [-0.25, -0.2) is 8.42 Å². The highest BCUT2D eigenvalue weighted by molar-refractivity contribution is 7.89. The summed E-state index contributed by atoms with van der Waals surface area (Å²) in [4.78, 5) is 11.6. The fourth-order valence-electron chi connectivity index (χ4n) is 1.52. The molecule has 0 unspecified atom stereocenters. The van der Waals surface area contributed by atoms with E-state index in [1.165, 1.54) is 26.0 Å². The third kappa shape index (κ3) is 3.13. The van der Waals surface area contributed by atoms with Crippen molar-refractivity contribution in [2.45, 2.75) is 18.7 Å². The lowest BCUT2D eigenvalue weighted by Crippen LogP contribution is -2.31. The maximum absolute atomic E-state index is 11.5. The van der Waals surface area contributed by atoms with Gasteiger partial charge in [-0.15, -0.1) is 12.4 Å². The SMILES string of the molecule is Cc1cc([N+](=O)[O-])cc(C)c1S(=O)(=O)NN.Cl. The molecule has 9 heteroatoms. The Kier molecular flexibility index (Phi) is 5.02. The average Bonchev–Trinajstić information content (AvgIpc) is 2.16. The molecule has 0 amide bonds. The topological polar surface area (TPSA) is 115 Å². The normalized spacial score (nSPS) is 10.8. The minimum Gasteiger partial charge on any atom is -0.258 e. The van der Waals surface area contributed by atoms with Crippen LogP contribution in [0.3, 0.4) is 0 Å². The summed E-state index contributed by atoms with van der Waals surface area (Å²) in [6.07, 6.45) is 0. The van der Waals surface area contributed by atoms with Gasteiger partial charge in [0, 0.05) is 12.1 Å². The largest absolute Gasteiger partial charge is 0.270 e. The number of aryl methyl sites for hydroxylation is 2. The molecule has 1 rings (SSSR count). The first-order valence-electron chi connectivity index (χ1n) is 4.27. The van der Waals surface area contributed by atoms with Crippen LogP contribution in [-0.4, -0.2) is 13.3 Å². The molecule has 0 aromatic heterocycles. The molecule has 17 heavy (non-hydrogen) atoms. The molecule has 0 aliphatic heterocycles. The van der Waals surface area contributed by atoms with Crippen LogP contribution in [0.2, 0.25) is 0 Å². The van der Waals surface area contributed by atoms with E-state index in [2.05, 4.69) is 0 Å². The van der Waals surface area contributed by atoms with Gasteiger partial charge in [0.15, 0.2) is 0 Å². The second-order valence-corrected chi connectivity index (χ2v) is 4.94. The van der Waals surface area contributed by atoms with Crippen LogP contribution in [0, 0.1) is 24.0 Å². The van der Waals surface area contributed by atoms with Gasteiger partial charge in [0.25, 0.3) is 15.7 Å². The first-order chi connectivity index (χ1) is 7.29. The zero-order chi connectivity index (χ0) is 12.5. The summed E-state index contributed by atoms with van der Waals surface area (Å²) in [7, 11) is -3.80. The van der Waals surface area contributed by atoms with Gasteiger partial charge in [-0.1, -0.05) is 0 Å². The summed E-state index contributed by atoms with van der Waals surface area (Å²) in [6, 6.07) is 2.38. The van der Waals surface area contributed by atoms with E-state index in [0.29, 0.717) is 0 Å². The van der Waals surface area contributed by atoms with Crippen molar-refractivity contribution >= 4 is 28.1 Å². The highest BCUT2D eigenvalue weighted by atomic mass is 35.5. The molecule has 1 aromatic rings. The zero-order valence-corrected chi connectivity index (χ0v) is 10.8. The van der Waals surface area contributed by atoms with Crippen molar-refractivity contribution in [1.29, 1.82) is 0 Å². The third-order valence-electron chi connectivity index (χ3n) is 2.08. The number of hydrazine groups is 1. The van der Waals surface area contributed by atoms with Crippen LogP contribution < -0.4 is 10.7 Å². The van der Waals surface area contributed by atoms with E-state index in [4.69, 9.17) is 5.84 Å². The molecule has 3 N–H and O–H groups in total. The first kappa shape index (κ1) is 15.8. The summed E-state index contributed by atoms with van der Waals surface area (Å²) in [5.74, 6) is 4.90. The second-order valence-electron chi connectivity index (χ2n) is 3.29. The Bertz CT molecular complexity index is 521. The summed E-state index contributed by atoms with van der Waals surface area (Å²) in [5.41, 5.74) is 0.417. The van der Waals surface area contributed by atoms with E-state index < -0.39 is 14.9 Å². The number of non-ortho nitro benzene ring substituents is 1. The number of nitrogens with one attached hydrogen (secondary N) is 1. The van der Waals surface area contributed by atoms with Crippen LogP contribution in [0.15, 0.2) is 17.0 Å². The monoisotopic (exact) mass is 281 g/mol. The van der Waals surface area contributed by atoms with Gasteiger partial charge in [-0.05, 0) is 25.0 Å². The quantitative estimate of drug-likeness (QED) is 0.483. The van der Waals surface area contributed by atoms with E-state index >= 15 is 0 Å². The molecule has 0 radical (unpaired) electrons. The Morgan fingerprint density at radius 3 is 2.00 bits per heavy atom. The lowest BCUT2D eigenvalue weighted by Gasteiger charge is -2.09. The molecular weight excluding hydrogens is 270 g/mol. The van der Waals surface area contributed by atoms with Gasteiger partial charge in [-0.3, -0.25) is 16.0 Å². The van der Waals surface area contributed by atoms with Crippen LogP contribution in [0.25, 0.3) is 0 Å². The van der Waals surface area contributed by atoms with Crippen molar-refractivity contribution in [1.82, 2.24) is 4.83 Å². The number of hydrogen-bond donors (Lipinski definition) is 2. The maximum atomic E-state index is 11.5. The minimum absolute atomic E-state index is 0. The fourth-order valence-corrected chi connectivity index (χ4v) is 2.60. The molecule has 0 saturated carbocycles. The highest BCUT2D eigenvalue weighted by Crippen LogP contribution is 2.24. The standard InChI is InChI=1S/C8H11N3O4S.ClH/c1-5-3-7(11(12)13)4-6(2)8(5)16(14,15)10-9;/h3-4,10H,9H2,1-2H3;1H. The van der Waals surface area contributed by atoms with Crippen LogP contribution in [-0.2, 0) is 10.0 Å². The third-order valence-corrected chi connectivity index (χ3v) is 3.57. The Morgan fingerprint density at radius 1 is 1.29 bits per heavy atom. The van der Waals surface area contributed by atoms with Crippen LogP contribution >= 0.6 is 12.4 Å². The number of nitrogens with zero attached hydrogens (tertiary/aromatic N) is 1. The van der Waals surface area contributed by atoms with Crippen LogP contribution in [0.5, 0.6) is 0 Å². The summed E-state index contributed by atoms with van der Waals surface area (Å²) < 4.78 is 23.0. The number of hydrogen-bond acceptors (Lipinski definition) is 5. The number of nitrogens with two attached hydrogens (primary N) is 1. The molecule has 96 valence electrons. The highest BCUT2D eigenvalue weighted by Gasteiger charge is 2.21. The Labute approximate surface area is 105 Å². The lowest BCUT2D eigenvalue weighted by molar-refractivity contribution is -0.385. The van der Waals surface area contributed by atoms with E-state index in [9.17, 15) is 18.5 Å². The molecule has 0 saturated heterocycles. The van der Waals surface area contributed by atoms with Crippen molar-refractivity contribution in [3.05, 3.63) is 33.4 Å². The molecule has 0 aliphatic rings. The van der Waals surface area contributed by atoms with Gasteiger partial charge in [0.1, 0.15) is 0 Å². The molecular formula is C8H12ClN3O4S. The van der Waals surface area contributed by atoms with E-state index in [0.717, 1.165) is 0 Å². The smallest absolute Gasteiger partial charge is 0.258 e. The van der Waals surface area contributed by atoms with Crippen molar-refractivity contribution in [2.75, 3.05) is 0 Å². The Morgan fingerprint density at radius 2 is 1.71 bits per heavy atom. The summed E-state index contributed by atoms with van der Waals surface area (Å²) in [6.45, 7) is 2.95. The lowest BCUT2D eigenvalue weighted by atomic mass is 10.1. The van der Waals surface area contributed by atoms with Crippen molar-refractivity contribution < 1.29 is 13.3 Å². The number of sulfonamides is 1. The Hall–Kier alpha value is -1.22. The molecule has 0 aliphatic carbocycles. The van der Waals surface area contributed by atoms with E-state index in [-0.39, 0.29) is 34.1 Å². The second kappa shape index (κ2) is 5.41. The number of benzene rings is 1. The van der Waals surface area contributed by atoms with Crippen molar-refractivity contribution in [3.8, 4) is 0 Å². The zero-order valence-electron chi connectivity index (χ0n) is 9.13. The molecule has 0 fully saturated rings. The van der Waals surface area contributed by atoms with Gasteiger partial charge < -0.3 is 0 Å². The average molecular weight is 282 g/mol. The van der Waals surface area contributed by atoms with Crippen molar-refractivity contribution in [2.24, 2.45) is 5.84 Å². The van der Waals surface area contributed by atoms with Gasteiger partial charge in [0.2, 0.25) is 0 Å². The maximum Gasteiger partial charge on any atom is 0.270 e. The number of rotatable bonds is 3. The molecule has 0 atom stereocenters. The number of nitro benzene ring substituents is 1. The van der Waals surface area contributed by atoms with Crippen molar-refractivity contribution in [3.63, 3.8) is 0 Å². The molecule has 1 aromatic carbocycles. The number of halogens is 1. The molecule has 0 spiro atoms. The fraction of sp³-hybridized carbons (Fsp3) is 0.250. The van der Waals surface area contributed by atoms with Gasteiger partial charge in [0.05, 0.1) is 9.82 Å². The van der Waals surface area contributed by atoms with E-state index in [1.807, 2.05) is 0 Å².